The average molecular weight is 426 g/mol. The minimum Gasteiger partial charge on any atom is -0.480 e. The molecule has 1 aromatic carbocycles. The van der Waals surface area contributed by atoms with Crippen LogP contribution in [0.25, 0.3) is 0 Å². The van der Waals surface area contributed by atoms with Crippen molar-refractivity contribution in [2.45, 2.75) is 37.6 Å². The molecule has 0 spiro atoms. The summed E-state index contributed by atoms with van der Waals surface area (Å²) in [6, 6.07) is 5.39. The molecule has 7 N–H and O–H groups in total. The van der Waals surface area contributed by atoms with Gasteiger partial charge < -0.3 is 31.9 Å². The number of aliphatic hydroxyl groups excluding tert-OH is 1. The molecule has 0 aliphatic carbocycles. The highest BCUT2D eigenvalue weighted by molar-refractivity contribution is 7.80. The molecule has 3 amide bonds. The van der Waals surface area contributed by atoms with Crippen molar-refractivity contribution in [3.63, 3.8) is 0 Å². The Labute approximate surface area is 173 Å². The number of benzene rings is 1. The SMILES string of the molecule is CC(O)C(N)C(=O)NC(Cc1ccccc1)C(=O)NCC(=O)NC(CS)C(=O)O. The van der Waals surface area contributed by atoms with Gasteiger partial charge in [-0.1, -0.05) is 30.3 Å². The van der Waals surface area contributed by atoms with Crippen molar-refractivity contribution >= 4 is 36.3 Å². The highest BCUT2D eigenvalue weighted by Gasteiger charge is 2.27. The number of thiol groups is 1. The molecule has 10 nitrogen and oxygen atoms in total. The van der Waals surface area contributed by atoms with Gasteiger partial charge in [-0.05, 0) is 12.5 Å². The van der Waals surface area contributed by atoms with Crippen molar-refractivity contribution in [3.8, 4) is 0 Å². The summed E-state index contributed by atoms with van der Waals surface area (Å²) in [4.78, 5) is 47.5. The molecule has 0 saturated carbocycles. The van der Waals surface area contributed by atoms with Crippen LogP contribution in [-0.2, 0) is 25.6 Å². The van der Waals surface area contributed by atoms with Gasteiger partial charge in [-0.25, -0.2) is 4.79 Å². The molecule has 1 aromatic rings. The van der Waals surface area contributed by atoms with Crippen molar-refractivity contribution in [2.24, 2.45) is 5.73 Å². The summed E-state index contributed by atoms with van der Waals surface area (Å²) < 4.78 is 0. The molecule has 4 atom stereocenters. The molecule has 11 heteroatoms. The van der Waals surface area contributed by atoms with Gasteiger partial charge in [0.05, 0.1) is 12.6 Å². The summed E-state index contributed by atoms with van der Waals surface area (Å²) >= 11 is 3.84. The van der Waals surface area contributed by atoms with Gasteiger partial charge in [0.1, 0.15) is 18.1 Å². The summed E-state index contributed by atoms with van der Waals surface area (Å²) in [6.45, 7) is 0.862. The summed E-state index contributed by atoms with van der Waals surface area (Å²) in [5.74, 6) is -3.46. The third-order valence-corrected chi connectivity index (χ3v) is 4.34. The maximum atomic E-state index is 12.5. The lowest BCUT2D eigenvalue weighted by Crippen LogP contribution is -2.56. The molecule has 160 valence electrons. The third-order valence-electron chi connectivity index (χ3n) is 3.98. The number of carbonyl (C=O) groups is 4. The normalized spacial score (nSPS) is 14.8. The fourth-order valence-electron chi connectivity index (χ4n) is 2.27. The zero-order chi connectivity index (χ0) is 22.0. The van der Waals surface area contributed by atoms with Crippen LogP contribution in [0, 0.1) is 0 Å². The standard InChI is InChI=1S/C18H26N4O6S/c1-10(23)15(19)17(26)22-12(7-11-5-3-2-4-6-11)16(25)20-8-14(24)21-13(9-29)18(27)28/h2-6,10,12-13,15,23,29H,7-9,19H2,1H3,(H,20,25)(H,21,24)(H,22,26)(H,27,28). The number of aliphatic carboxylic acids is 1. The zero-order valence-electron chi connectivity index (χ0n) is 15.9. The second-order valence-corrected chi connectivity index (χ2v) is 6.74. The number of carboxylic acids is 1. The van der Waals surface area contributed by atoms with E-state index in [4.69, 9.17) is 10.8 Å². The first-order chi connectivity index (χ1) is 13.6. The maximum Gasteiger partial charge on any atom is 0.327 e. The first-order valence-corrected chi connectivity index (χ1v) is 9.47. The highest BCUT2D eigenvalue weighted by atomic mass is 32.1. The topological polar surface area (TPSA) is 171 Å². The van der Waals surface area contributed by atoms with Crippen LogP contribution < -0.4 is 21.7 Å². The summed E-state index contributed by atoms with van der Waals surface area (Å²) in [7, 11) is 0. The fourth-order valence-corrected chi connectivity index (χ4v) is 2.51. The Balaban J connectivity index is 2.77. The number of carbonyl (C=O) groups excluding carboxylic acids is 3. The molecular weight excluding hydrogens is 400 g/mol. The van der Waals surface area contributed by atoms with E-state index in [1.54, 1.807) is 30.3 Å². The molecule has 0 fully saturated rings. The molecule has 29 heavy (non-hydrogen) atoms. The third kappa shape index (κ3) is 8.50. The lowest BCUT2D eigenvalue weighted by atomic mass is 10.0. The van der Waals surface area contributed by atoms with E-state index in [1.807, 2.05) is 0 Å². The Morgan fingerprint density at radius 2 is 1.69 bits per heavy atom. The van der Waals surface area contributed by atoms with Gasteiger partial charge in [0, 0.05) is 12.2 Å². The van der Waals surface area contributed by atoms with Crippen LogP contribution in [-0.4, -0.2) is 70.4 Å². The fraction of sp³-hybridized carbons (Fsp3) is 0.444. The van der Waals surface area contributed by atoms with Crippen molar-refractivity contribution in [2.75, 3.05) is 12.3 Å². The van der Waals surface area contributed by atoms with Crippen LogP contribution in [0.3, 0.4) is 0 Å². The maximum absolute atomic E-state index is 12.5. The van der Waals surface area contributed by atoms with E-state index in [1.165, 1.54) is 6.92 Å². The van der Waals surface area contributed by atoms with Gasteiger partial charge in [0.15, 0.2) is 0 Å². The molecule has 0 aliphatic rings. The van der Waals surface area contributed by atoms with Crippen LogP contribution >= 0.6 is 12.6 Å². The van der Waals surface area contributed by atoms with Crippen molar-refractivity contribution in [1.29, 1.82) is 0 Å². The Hall–Kier alpha value is -2.63. The molecule has 0 heterocycles. The number of aliphatic hydroxyl groups is 1. The van der Waals surface area contributed by atoms with Gasteiger partial charge in [-0.15, -0.1) is 0 Å². The minimum absolute atomic E-state index is 0.112. The van der Waals surface area contributed by atoms with Crippen LogP contribution in [0.5, 0.6) is 0 Å². The Kier molecular flexibility index (Phi) is 10.1. The molecule has 0 aliphatic heterocycles. The van der Waals surface area contributed by atoms with Gasteiger partial charge in [-0.3, -0.25) is 14.4 Å². The molecule has 0 radical (unpaired) electrons. The largest absolute Gasteiger partial charge is 0.480 e. The van der Waals surface area contributed by atoms with Gasteiger partial charge >= 0.3 is 5.97 Å². The minimum atomic E-state index is -1.25. The van der Waals surface area contributed by atoms with Gasteiger partial charge in [-0.2, -0.15) is 12.6 Å². The Morgan fingerprint density at radius 3 is 2.21 bits per heavy atom. The highest BCUT2D eigenvalue weighted by Crippen LogP contribution is 2.04. The number of rotatable bonds is 11. The zero-order valence-corrected chi connectivity index (χ0v) is 16.8. The van der Waals surface area contributed by atoms with E-state index in [-0.39, 0.29) is 12.2 Å². The number of nitrogens with one attached hydrogen (secondary N) is 3. The monoisotopic (exact) mass is 426 g/mol. The van der Waals surface area contributed by atoms with E-state index < -0.39 is 54.5 Å². The van der Waals surface area contributed by atoms with E-state index in [0.717, 1.165) is 5.56 Å². The van der Waals surface area contributed by atoms with E-state index in [2.05, 4.69) is 28.6 Å². The van der Waals surface area contributed by atoms with Crippen LogP contribution in [0.15, 0.2) is 30.3 Å². The first kappa shape index (κ1) is 24.4. The number of carboxylic acid groups (broad SMARTS) is 1. The lowest BCUT2D eigenvalue weighted by molar-refractivity contribution is -0.141. The number of hydrogen-bond donors (Lipinski definition) is 7. The lowest BCUT2D eigenvalue weighted by Gasteiger charge is -2.22. The van der Waals surface area contributed by atoms with Crippen LogP contribution in [0.2, 0.25) is 0 Å². The molecule has 0 saturated heterocycles. The van der Waals surface area contributed by atoms with Crippen LogP contribution in [0.4, 0.5) is 0 Å². The number of hydrogen-bond acceptors (Lipinski definition) is 7. The molecular formula is C18H26N4O6S. The van der Waals surface area contributed by atoms with Crippen molar-refractivity contribution in [1.82, 2.24) is 16.0 Å². The predicted octanol–water partition coefficient (Wildman–Crippen LogP) is -1.96. The molecule has 4 unspecified atom stereocenters. The smallest absolute Gasteiger partial charge is 0.327 e. The second kappa shape index (κ2) is 12.0. The summed E-state index contributed by atoms with van der Waals surface area (Å²) in [5, 5.41) is 25.4. The van der Waals surface area contributed by atoms with E-state index >= 15 is 0 Å². The summed E-state index contributed by atoms with van der Waals surface area (Å²) in [6.07, 6.45) is -0.989. The van der Waals surface area contributed by atoms with Crippen LogP contribution in [0.1, 0.15) is 12.5 Å². The quantitative estimate of drug-likeness (QED) is 0.201. The molecule has 0 bridgehead atoms. The van der Waals surface area contributed by atoms with Gasteiger partial charge in [0.2, 0.25) is 17.7 Å². The second-order valence-electron chi connectivity index (χ2n) is 6.38. The summed E-state index contributed by atoms with van der Waals surface area (Å²) in [5.41, 5.74) is 6.36. The Bertz CT molecular complexity index is 716. The first-order valence-electron chi connectivity index (χ1n) is 8.84. The average Bonchev–Trinajstić information content (AvgIpc) is 2.69. The van der Waals surface area contributed by atoms with E-state index in [9.17, 15) is 24.3 Å². The number of nitrogens with two attached hydrogens (primary N) is 1. The van der Waals surface area contributed by atoms with E-state index in [0.29, 0.717) is 0 Å². The Morgan fingerprint density at radius 1 is 1.07 bits per heavy atom. The van der Waals surface area contributed by atoms with Crippen molar-refractivity contribution < 1.29 is 29.4 Å². The molecule has 1 rings (SSSR count). The van der Waals surface area contributed by atoms with Gasteiger partial charge in [0.25, 0.3) is 0 Å². The predicted molar refractivity (Wildman–Crippen MR) is 108 cm³/mol. The molecule has 0 aromatic heterocycles. The number of amides is 3. The van der Waals surface area contributed by atoms with Crippen molar-refractivity contribution in [3.05, 3.63) is 35.9 Å².